The zero-order valence-electron chi connectivity index (χ0n) is 11.8. The van der Waals surface area contributed by atoms with E-state index in [4.69, 9.17) is 5.11 Å². The van der Waals surface area contributed by atoms with Crippen LogP contribution in [0.5, 0.6) is 0 Å². The van der Waals surface area contributed by atoms with Crippen LogP contribution < -0.4 is 0 Å². The van der Waals surface area contributed by atoms with Crippen molar-refractivity contribution in [2.45, 2.75) is 26.2 Å². The zero-order valence-corrected chi connectivity index (χ0v) is 11.8. The van der Waals surface area contributed by atoms with E-state index in [0.717, 1.165) is 35.1 Å². The van der Waals surface area contributed by atoms with Crippen LogP contribution in [0.25, 0.3) is 0 Å². The van der Waals surface area contributed by atoms with E-state index in [1.807, 2.05) is 12.1 Å². The molecule has 2 aromatic rings. The lowest BCUT2D eigenvalue weighted by atomic mass is 9.95. The van der Waals surface area contributed by atoms with E-state index in [9.17, 15) is 9.59 Å². The fraction of sp³-hybridized carbons (Fsp3) is 0.222. The third kappa shape index (κ3) is 2.35. The standard InChI is InChI=1S/C18H16O3/c1-2-11-3-4-12-5-6-13-10-14(18(20)21)7-8-15(13)17(19)16(12)9-11/h3-4,7-10H,2,5-6H2,1H3,(H,20,21). The van der Waals surface area contributed by atoms with Crippen molar-refractivity contribution in [3.63, 3.8) is 0 Å². The SMILES string of the molecule is CCc1ccc2c(c1)C(=O)c1ccc(C(=O)O)cc1CC2. The fourth-order valence-corrected chi connectivity index (χ4v) is 2.84. The first-order chi connectivity index (χ1) is 10.1. The molecule has 0 spiro atoms. The Morgan fingerprint density at radius 1 is 1.05 bits per heavy atom. The number of fused-ring (bicyclic) bond motifs is 2. The summed E-state index contributed by atoms with van der Waals surface area (Å²) in [6.07, 6.45) is 2.35. The van der Waals surface area contributed by atoms with Crippen molar-refractivity contribution in [3.8, 4) is 0 Å². The number of carbonyl (C=O) groups excluding carboxylic acids is 1. The van der Waals surface area contributed by atoms with Crippen molar-refractivity contribution < 1.29 is 14.7 Å². The van der Waals surface area contributed by atoms with Crippen LogP contribution in [-0.4, -0.2) is 16.9 Å². The predicted molar refractivity (Wildman–Crippen MR) is 80.1 cm³/mol. The highest BCUT2D eigenvalue weighted by atomic mass is 16.4. The number of carbonyl (C=O) groups is 2. The molecule has 0 unspecified atom stereocenters. The van der Waals surface area contributed by atoms with Crippen LogP contribution in [0.2, 0.25) is 0 Å². The van der Waals surface area contributed by atoms with E-state index in [1.165, 1.54) is 6.07 Å². The van der Waals surface area contributed by atoms with Crippen LogP contribution in [0, 0.1) is 0 Å². The molecule has 3 nitrogen and oxygen atoms in total. The third-order valence-corrected chi connectivity index (χ3v) is 4.09. The number of carboxylic acids is 1. The van der Waals surface area contributed by atoms with Gasteiger partial charge in [0.05, 0.1) is 5.56 Å². The van der Waals surface area contributed by atoms with Crippen molar-refractivity contribution in [3.05, 3.63) is 69.8 Å². The Morgan fingerprint density at radius 3 is 2.52 bits per heavy atom. The van der Waals surface area contributed by atoms with Gasteiger partial charge in [-0.1, -0.05) is 19.1 Å². The Morgan fingerprint density at radius 2 is 1.81 bits per heavy atom. The summed E-state index contributed by atoms with van der Waals surface area (Å²) in [6, 6.07) is 10.8. The predicted octanol–water partition coefficient (Wildman–Crippen LogP) is 3.28. The summed E-state index contributed by atoms with van der Waals surface area (Å²) in [6.45, 7) is 2.07. The minimum absolute atomic E-state index is 0.00439. The summed E-state index contributed by atoms with van der Waals surface area (Å²) in [5, 5.41) is 9.08. The molecule has 1 aliphatic carbocycles. The van der Waals surface area contributed by atoms with Crippen LogP contribution in [-0.2, 0) is 19.3 Å². The molecule has 2 aromatic carbocycles. The highest BCUT2D eigenvalue weighted by Crippen LogP contribution is 2.26. The summed E-state index contributed by atoms with van der Waals surface area (Å²) in [4.78, 5) is 23.8. The molecule has 0 radical (unpaired) electrons. The van der Waals surface area contributed by atoms with E-state index < -0.39 is 5.97 Å². The van der Waals surface area contributed by atoms with E-state index in [2.05, 4.69) is 13.0 Å². The minimum atomic E-state index is -0.958. The maximum atomic E-state index is 12.7. The van der Waals surface area contributed by atoms with E-state index >= 15 is 0 Å². The molecule has 0 saturated carbocycles. The van der Waals surface area contributed by atoms with Crippen LogP contribution in [0.4, 0.5) is 0 Å². The van der Waals surface area contributed by atoms with Gasteiger partial charge in [-0.25, -0.2) is 4.79 Å². The maximum Gasteiger partial charge on any atom is 0.335 e. The molecule has 3 rings (SSSR count). The number of aromatic carboxylic acids is 1. The molecule has 0 saturated heterocycles. The Hall–Kier alpha value is -2.42. The molecule has 0 heterocycles. The molecule has 0 aliphatic heterocycles. The number of benzene rings is 2. The van der Waals surface area contributed by atoms with Crippen molar-refractivity contribution >= 4 is 11.8 Å². The van der Waals surface area contributed by atoms with Crippen LogP contribution in [0.1, 0.15) is 49.9 Å². The molecular weight excluding hydrogens is 264 g/mol. The van der Waals surface area contributed by atoms with E-state index in [-0.39, 0.29) is 11.3 Å². The molecule has 0 bridgehead atoms. The molecule has 106 valence electrons. The first-order valence-corrected chi connectivity index (χ1v) is 7.13. The van der Waals surface area contributed by atoms with Gasteiger partial charge in [0.15, 0.2) is 5.78 Å². The Balaban J connectivity index is 2.12. The largest absolute Gasteiger partial charge is 0.478 e. The molecular formula is C18H16O3. The first-order valence-electron chi connectivity index (χ1n) is 7.13. The van der Waals surface area contributed by atoms with Gasteiger partial charge in [-0.2, -0.15) is 0 Å². The van der Waals surface area contributed by atoms with Gasteiger partial charge in [0.25, 0.3) is 0 Å². The fourth-order valence-electron chi connectivity index (χ4n) is 2.84. The number of carboxylic acid groups (broad SMARTS) is 1. The van der Waals surface area contributed by atoms with Gasteiger partial charge in [-0.05, 0) is 60.2 Å². The second-order valence-electron chi connectivity index (χ2n) is 5.35. The average Bonchev–Trinajstić information content (AvgIpc) is 2.64. The monoisotopic (exact) mass is 280 g/mol. The molecule has 3 heteroatoms. The topological polar surface area (TPSA) is 54.4 Å². The highest BCUT2D eigenvalue weighted by molar-refractivity contribution is 6.11. The summed E-state index contributed by atoms with van der Waals surface area (Å²) >= 11 is 0. The quantitative estimate of drug-likeness (QED) is 0.918. The van der Waals surface area contributed by atoms with Crippen molar-refractivity contribution in [1.29, 1.82) is 0 Å². The summed E-state index contributed by atoms with van der Waals surface area (Å²) in [5.74, 6) is -0.954. The Bertz CT molecular complexity index is 744. The minimum Gasteiger partial charge on any atom is -0.478 e. The second-order valence-corrected chi connectivity index (χ2v) is 5.35. The summed E-state index contributed by atoms with van der Waals surface area (Å²) < 4.78 is 0. The molecule has 0 aromatic heterocycles. The van der Waals surface area contributed by atoms with Crippen molar-refractivity contribution in [2.75, 3.05) is 0 Å². The van der Waals surface area contributed by atoms with Gasteiger partial charge >= 0.3 is 5.97 Å². The zero-order chi connectivity index (χ0) is 15.0. The normalized spacial score (nSPS) is 13.3. The van der Waals surface area contributed by atoms with Gasteiger partial charge in [-0.3, -0.25) is 4.79 Å². The van der Waals surface area contributed by atoms with Crippen molar-refractivity contribution in [1.82, 2.24) is 0 Å². The van der Waals surface area contributed by atoms with Gasteiger partial charge in [0.2, 0.25) is 0 Å². The molecule has 1 N–H and O–H groups in total. The van der Waals surface area contributed by atoms with E-state index in [1.54, 1.807) is 12.1 Å². The smallest absolute Gasteiger partial charge is 0.335 e. The van der Waals surface area contributed by atoms with Gasteiger partial charge in [0, 0.05) is 11.1 Å². The average molecular weight is 280 g/mol. The highest BCUT2D eigenvalue weighted by Gasteiger charge is 2.22. The number of aryl methyl sites for hydroxylation is 3. The van der Waals surface area contributed by atoms with Crippen LogP contribution in [0.15, 0.2) is 36.4 Å². The molecule has 1 aliphatic rings. The van der Waals surface area contributed by atoms with Crippen LogP contribution in [0.3, 0.4) is 0 Å². The Labute approximate surface area is 123 Å². The van der Waals surface area contributed by atoms with Gasteiger partial charge < -0.3 is 5.11 Å². The maximum absolute atomic E-state index is 12.7. The van der Waals surface area contributed by atoms with Gasteiger partial charge in [0.1, 0.15) is 0 Å². The lowest BCUT2D eigenvalue weighted by molar-refractivity contribution is 0.0696. The summed E-state index contributed by atoms with van der Waals surface area (Å²) in [7, 11) is 0. The second kappa shape index (κ2) is 5.17. The van der Waals surface area contributed by atoms with Crippen molar-refractivity contribution in [2.24, 2.45) is 0 Å². The van der Waals surface area contributed by atoms with Gasteiger partial charge in [-0.15, -0.1) is 0 Å². The molecule has 0 fully saturated rings. The number of ketones is 1. The number of hydrogen-bond acceptors (Lipinski definition) is 2. The lowest BCUT2D eigenvalue weighted by Crippen LogP contribution is -2.06. The molecule has 21 heavy (non-hydrogen) atoms. The molecule has 0 amide bonds. The third-order valence-electron chi connectivity index (χ3n) is 4.09. The first kappa shape index (κ1) is 13.6. The molecule has 0 atom stereocenters. The number of hydrogen-bond donors (Lipinski definition) is 1. The lowest BCUT2D eigenvalue weighted by Gasteiger charge is -2.07. The van der Waals surface area contributed by atoms with E-state index in [0.29, 0.717) is 12.0 Å². The Kier molecular flexibility index (Phi) is 3.34. The summed E-state index contributed by atoms with van der Waals surface area (Å²) in [5.41, 5.74) is 4.65. The van der Waals surface area contributed by atoms with Crippen LogP contribution >= 0.6 is 0 Å². The number of rotatable bonds is 2.